The van der Waals surface area contributed by atoms with Crippen molar-refractivity contribution in [1.82, 2.24) is 4.90 Å². The Labute approximate surface area is 105 Å². The van der Waals surface area contributed by atoms with E-state index in [1.165, 1.54) is 24.3 Å². The molecule has 0 atom stereocenters. The third kappa shape index (κ3) is 3.01. The van der Waals surface area contributed by atoms with Gasteiger partial charge in [0.05, 0.1) is 0 Å². The number of anilines is 1. The van der Waals surface area contributed by atoms with Crippen LogP contribution in [0.3, 0.4) is 0 Å². The first-order valence-corrected chi connectivity index (χ1v) is 6.58. The van der Waals surface area contributed by atoms with E-state index < -0.39 is 0 Å². The summed E-state index contributed by atoms with van der Waals surface area (Å²) in [5, 5.41) is 0. The van der Waals surface area contributed by atoms with Crippen LogP contribution in [0.5, 0.6) is 0 Å². The largest absolute Gasteiger partial charge is 0.369 e. The van der Waals surface area contributed by atoms with E-state index in [4.69, 9.17) is 0 Å². The summed E-state index contributed by atoms with van der Waals surface area (Å²) in [6, 6.07) is 9.51. The summed E-state index contributed by atoms with van der Waals surface area (Å²) in [6.45, 7) is 13.1. The molecule has 1 heterocycles. The zero-order chi connectivity index (χ0) is 12.3. The molecule has 0 bridgehead atoms. The Kier molecular flexibility index (Phi) is 4.06. The van der Waals surface area contributed by atoms with Crippen LogP contribution in [0.15, 0.2) is 24.3 Å². The van der Waals surface area contributed by atoms with E-state index in [1.807, 2.05) is 0 Å². The molecule has 0 saturated carbocycles. The van der Waals surface area contributed by atoms with Crippen molar-refractivity contribution < 1.29 is 0 Å². The molecule has 1 aliphatic heterocycles. The van der Waals surface area contributed by atoms with Crippen LogP contribution in [0.25, 0.3) is 0 Å². The Morgan fingerprint density at radius 3 is 2.12 bits per heavy atom. The van der Waals surface area contributed by atoms with Crippen molar-refractivity contribution >= 4 is 5.69 Å². The molecule has 0 aliphatic carbocycles. The van der Waals surface area contributed by atoms with Crippen molar-refractivity contribution in [2.75, 3.05) is 31.1 Å². The smallest absolute Gasteiger partial charge is 0.0367 e. The third-order valence-electron chi connectivity index (χ3n) is 3.63. The molecule has 1 aliphatic rings. The third-order valence-corrected chi connectivity index (χ3v) is 3.63. The van der Waals surface area contributed by atoms with Crippen molar-refractivity contribution in [1.29, 1.82) is 0 Å². The maximum absolute atomic E-state index is 3.91. The molecule has 0 aromatic heterocycles. The van der Waals surface area contributed by atoms with Gasteiger partial charge in [-0.3, -0.25) is 4.90 Å². The van der Waals surface area contributed by atoms with Crippen LogP contribution in [0, 0.1) is 6.92 Å². The fraction of sp³-hybridized carbons (Fsp3) is 0.533. The number of hydrogen-bond acceptors (Lipinski definition) is 2. The monoisotopic (exact) mass is 231 g/mol. The van der Waals surface area contributed by atoms with Crippen LogP contribution in [-0.2, 0) is 6.42 Å². The second-order valence-electron chi connectivity index (χ2n) is 5.03. The molecule has 93 valence electrons. The molecule has 2 rings (SSSR count). The van der Waals surface area contributed by atoms with Crippen molar-refractivity contribution in [2.24, 2.45) is 0 Å². The summed E-state index contributed by atoms with van der Waals surface area (Å²) >= 11 is 0. The van der Waals surface area contributed by atoms with E-state index in [1.54, 1.807) is 0 Å². The van der Waals surface area contributed by atoms with Crippen LogP contribution in [0.1, 0.15) is 19.4 Å². The molecule has 1 radical (unpaired) electrons. The number of benzene rings is 1. The van der Waals surface area contributed by atoms with Crippen molar-refractivity contribution in [3.05, 3.63) is 36.8 Å². The maximum atomic E-state index is 3.91. The fourth-order valence-corrected chi connectivity index (χ4v) is 2.37. The lowest BCUT2D eigenvalue weighted by Gasteiger charge is -2.38. The van der Waals surface area contributed by atoms with Crippen molar-refractivity contribution in [3.63, 3.8) is 0 Å². The summed E-state index contributed by atoms with van der Waals surface area (Å²) in [6.07, 6.45) is 0.876. The van der Waals surface area contributed by atoms with Gasteiger partial charge in [0.15, 0.2) is 0 Å². The SMILES string of the molecule is [CH2]Cc1ccc(N2CCN(C(C)C)CC2)cc1. The van der Waals surface area contributed by atoms with E-state index in [0.717, 1.165) is 19.5 Å². The maximum Gasteiger partial charge on any atom is 0.0367 e. The highest BCUT2D eigenvalue weighted by molar-refractivity contribution is 5.48. The second-order valence-corrected chi connectivity index (χ2v) is 5.03. The summed E-state index contributed by atoms with van der Waals surface area (Å²) < 4.78 is 0. The second kappa shape index (κ2) is 5.54. The standard InChI is InChI=1S/C15H23N2/c1-4-14-5-7-15(8-6-14)17-11-9-16(10-12-17)13(2)3/h5-8,13H,1,4,9-12H2,2-3H3. The molecule has 1 aromatic carbocycles. The number of nitrogens with zero attached hydrogens (tertiary/aromatic N) is 2. The zero-order valence-electron chi connectivity index (χ0n) is 11.0. The summed E-state index contributed by atoms with van der Waals surface area (Å²) in [5.41, 5.74) is 2.67. The Bertz CT molecular complexity index is 334. The van der Waals surface area contributed by atoms with Gasteiger partial charge in [-0.1, -0.05) is 12.1 Å². The Morgan fingerprint density at radius 1 is 1.06 bits per heavy atom. The minimum atomic E-state index is 0.672. The lowest BCUT2D eigenvalue weighted by Crippen LogP contribution is -2.48. The van der Waals surface area contributed by atoms with E-state index in [-0.39, 0.29) is 0 Å². The van der Waals surface area contributed by atoms with Gasteiger partial charge in [0, 0.05) is 37.9 Å². The Hall–Kier alpha value is -1.02. The van der Waals surface area contributed by atoms with Gasteiger partial charge in [-0.25, -0.2) is 0 Å². The molecule has 17 heavy (non-hydrogen) atoms. The van der Waals surface area contributed by atoms with Crippen LogP contribution >= 0.6 is 0 Å². The first-order chi connectivity index (χ1) is 8.20. The van der Waals surface area contributed by atoms with Gasteiger partial charge >= 0.3 is 0 Å². The van der Waals surface area contributed by atoms with Crippen LogP contribution in [0.2, 0.25) is 0 Å². The van der Waals surface area contributed by atoms with Gasteiger partial charge in [0.25, 0.3) is 0 Å². The predicted octanol–water partition coefficient (Wildman–Crippen LogP) is 2.59. The molecule has 1 saturated heterocycles. The molecule has 0 spiro atoms. The first-order valence-electron chi connectivity index (χ1n) is 6.58. The lowest BCUT2D eigenvalue weighted by molar-refractivity contribution is 0.209. The highest BCUT2D eigenvalue weighted by atomic mass is 15.3. The molecule has 2 heteroatoms. The number of rotatable bonds is 3. The lowest BCUT2D eigenvalue weighted by atomic mass is 10.1. The van der Waals surface area contributed by atoms with Gasteiger partial charge < -0.3 is 4.90 Å². The van der Waals surface area contributed by atoms with Crippen molar-refractivity contribution in [3.8, 4) is 0 Å². The van der Waals surface area contributed by atoms with Gasteiger partial charge in [0.1, 0.15) is 0 Å². The minimum absolute atomic E-state index is 0.672. The summed E-state index contributed by atoms with van der Waals surface area (Å²) in [7, 11) is 0. The number of piperazine rings is 1. The molecule has 1 aromatic rings. The fourth-order valence-electron chi connectivity index (χ4n) is 2.37. The van der Waals surface area contributed by atoms with Crippen LogP contribution < -0.4 is 4.90 Å². The number of hydrogen-bond donors (Lipinski definition) is 0. The van der Waals surface area contributed by atoms with E-state index in [0.29, 0.717) is 6.04 Å². The molecule has 2 nitrogen and oxygen atoms in total. The van der Waals surface area contributed by atoms with E-state index in [9.17, 15) is 0 Å². The molecular weight excluding hydrogens is 208 g/mol. The van der Waals surface area contributed by atoms with E-state index in [2.05, 4.69) is 54.8 Å². The average molecular weight is 231 g/mol. The minimum Gasteiger partial charge on any atom is -0.369 e. The van der Waals surface area contributed by atoms with Crippen LogP contribution in [0.4, 0.5) is 5.69 Å². The topological polar surface area (TPSA) is 6.48 Å². The summed E-state index contributed by atoms with van der Waals surface area (Å²) in [5.74, 6) is 0. The Balaban J connectivity index is 1.95. The average Bonchev–Trinajstić information content (AvgIpc) is 2.39. The first kappa shape index (κ1) is 12.4. The van der Waals surface area contributed by atoms with Crippen molar-refractivity contribution in [2.45, 2.75) is 26.3 Å². The van der Waals surface area contributed by atoms with Gasteiger partial charge in [-0.15, -0.1) is 0 Å². The highest BCUT2D eigenvalue weighted by Gasteiger charge is 2.18. The van der Waals surface area contributed by atoms with Gasteiger partial charge in [-0.05, 0) is 44.9 Å². The van der Waals surface area contributed by atoms with E-state index >= 15 is 0 Å². The normalized spacial score (nSPS) is 17.8. The highest BCUT2D eigenvalue weighted by Crippen LogP contribution is 2.18. The molecule has 0 N–H and O–H groups in total. The van der Waals surface area contributed by atoms with Gasteiger partial charge in [0.2, 0.25) is 0 Å². The predicted molar refractivity (Wildman–Crippen MR) is 74.4 cm³/mol. The zero-order valence-corrected chi connectivity index (χ0v) is 11.0. The van der Waals surface area contributed by atoms with Crippen LogP contribution in [-0.4, -0.2) is 37.1 Å². The Morgan fingerprint density at radius 2 is 1.65 bits per heavy atom. The molecule has 1 fully saturated rings. The summed E-state index contributed by atoms with van der Waals surface area (Å²) in [4.78, 5) is 5.02. The quantitative estimate of drug-likeness (QED) is 0.789. The van der Waals surface area contributed by atoms with Gasteiger partial charge in [-0.2, -0.15) is 0 Å². The molecule has 0 amide bonds. The molecular formula is C15H23N2. The molecule has 0 unspecified atom stereocenters.